The molecule has 1 aromatic heterocycles. The number of carbonyl (C=O) groups is 2. The number of rotatable bonds is 6. The van der Waals surface area contributed by atoms with Crippen LogP contribution in [0.1, 0.15) is 79.5 Å². The Hall–Kier alpha value is -1.68. The molecule has 3 heterocycles. The molecule has 1 amide bonds. The minimum absolute atomic E-state index is 0.0773. The predicted octanol–water partition coefficient (Wildman–Crippen LogP) is 1.85. The van der Waals surface area contributed by atoms with Crippen LogP contribution in [-0.4, -0.2) is 121 Å². The molecule has 2 aliphatic heterocycles. The maximum Gasteiger partial charge on any atom is 0.311 e. The molecule has 6 N–H and O–H groups in total. The predicted molar refractivity (Wildman–Crippen MR) is 175 cm³/mol. The van der Waals surface area contributed by atoms with E-state index in [9.17, 15) is 40.2 Å². The lowest BCUT2D eigenvalue weighted by Gasteiger charge is -2.47. The number of nitrogens with zero attached hydrogens (tertiary/aromatic N) is 1. The average molecular weight is 688 g/mol. The third-order valence-corrected chi connectivity index (χ3v) is 11.3. The molecule has 2 saturated heterocycles. The summed E-state index contributed by atoms with van der Waals surface area (Å²) in [6.45, 7) is 12.6. The first-order chi connectivity index (χ1) is 21.7. The van der Waals surface area contributed by atoms with E-state index in [2.05, 4.69) is 0 Å². The molecule has 0 aromatic carbocycles. The maximum atomic E-state index is 13.3. The summed E-state index contributed by atoms with van der Waals surface area (Å²) in [5, 5.41) is 70.7. The van der Waals surface area contributed by atoms with E-state index in [1.54, 1.807) is 41.7 Å². The van der Waals surface area contributed by atoms with Crippen LogP contribution in [0.3, 0.4) is 0 Å². The van der Waals surface area contributed by atoms with Crippen LogP contribution in [0.5, 0.6) is 0 Å². The highest BCUT2D eigenvalue weighted by molar-refractivity contribution is 7.10. The van der Waals surface area contributed by atoms with Crippen molar-refractivity contribution in [2.75, 3.05) is 7.05 Å². The highest BCUT2D eigenvalue weighted by Crippen LogP contribution is 2.38. The zero-order valence-corrected chi connectivity index (χ0v) is 30.0. The summed E-state index contributed by atoms with van der Waals surface area (Å²) in [4.78, 5) is 28.9. The van der Waals surface area contributed by atoms with E-state index in [0.29, 0.717) is 6.42 Å². The van der Waals surface area contributed by atoms with Crippen LogP contribution >= 0.6 is 11.3 Å². The number of aliphatic hydroxyl groups excluding tert-OH is 4. The van der Waals surface area contributed by atoms with Crippen LogP contribution in [0.15, 0.2) is 17.5 Å². The molecule has 13 heteroatoms. The number of hydrogen-bond donors (Lipinski definition) is 6. The SMILES string of the molecule is CC[C@H]1OC(=O)[C@H](C)[C@@H](O)[C@H](C)[C@@H](O[C@@H]2O[C@H](C)C[C@H](N(C)C(=O)Cc3cccs3)[C@H]2O)C(C)(O)C[C@@H](C)[C@H](O)[C@H](C)[C@@H](O)[C@]1(C)O. The summed E-state index contributed by atoms with van der Waals surface area (Å²) in [6, 6.07) is 3.07. The lowest BCUT2D eigenvalue weighted by Crippen LogP contribution is -2.61. The second-order valence-corrected chi connectivity index (χ2v) is 15.5. The van der Waals surface area contributed by atoms with Crippen molar-refractivity contribution < 1.29 is 54.4 Å². The van der Waals surface area contributed by atoms with Crippen molar-refractivity contribution in [1.82, 2.24) is 4.90 Å². The van der Waals surface area contributed by atoms with Crippen molar-refractivity contribution in [1.29, 1.82) is 0 Å². The van der Waals surface area contributed by atoms with Crippen molar-refractivity contribution in [3.05, 3.63) is 22.4 Å². The topological polar surface area (TPSA) is 186 Å². The van der Waals surface area contributed by atoms with Gasteiger partial charge in [-0.15, -0.1) is 11.3 Å². The first-order valence-corrected chi connectivity index (χ1v) is 17.6. The van der Waals surface area contributed by atoms with Crippen molar-refractivity contribution in [3.8, 4) is 0 Å². The van der Waals surface area contributed by atoms with Crippen molar-refractivity contribution in [3.63, 3.8) is 0 Å². The summed E-state index contributed by atoms with van der Waals surface area (Å²) in [5.41, 5.74) is -3.69. The highest BCUT2D eigenvalue weighted by Gasteiger charge is 2.51. The van der Waals surface area contributed by atoms with Crippen molar-refractivity contribution in [2.45, 2.75) is 147 Å². The zero-order chi connectivity index (χ0) is 35.6. The molecule has 1 aromatic rings. The molecule has 270 valence electrons. The minimum Gasteiger partial charge on any atom is -0.459 e. The monoisotopic (exact) mass is 687 g/mol. The van der Waals surface area contributed by atoms with Gasteiger partial charge >= 0.3 is 5.97 Å². The number of ether oxygens (including phenoxy) is 3. The maximum absolute atomic E-state index is 13.3. The third-order valence-electron chi connectivity index (χ3n) is 10.4. The lowest BCUT2D eigenvalue weighted by atomic mass is 9.73. The first-order valence-electron chi connectivity index (χ1n) is 16.7. The molecule has 12 nitrogen and oxygen atoms in total. The van der Waals surface area contributed by atoms with Gasteiger partial charge < -0.3 is 49.7 Å². The second kappa shape index (κ2) is 15.9. The van der Waals surface area contributed by atoms with Crippen LogP contribution < -0.4 is 0 Å². The van der Waals surface area contributed by atoms with Gasteiger partial charge in [-0.05, 0) is 64.3 Å². The number of esters is 1. The van der Waals surface area contributed by atoms with Gasteiger partial charge in [0.25, 0.3) is 0 Å². The molecule has 0 radical (unpaired) electrons. The Labute approximate surface area is 282 Å². The molecule has 15 atom stereocenters. The Morgan fingerprint density at radius 3 is 2.26 bits per heavy atom. The van der Waals surface area contributed by atoms with Gasteiger partial charge in [0.2, 0.25) is 5.91 Å². The molecular weight excluding hydrogens is 630 g/mol. The van der Waals surface area contributed by atoms with E-state index in [-0.39, 0.29) is 25.2 Å². The molecule has 0 spiro atoms. The third kappa shape index (κ3) is 8.92. The summed E-state index contributed by atoms with van der Waals surface area (Å²) in [7, 11) is 1.62. The first kappa shape index (κ1) is 39.8. The molecule has 1 unspecified atom stereocenters. The van der Waals surface area contributed by atoms with Gasteiger partial charge in [0.1, 0.15) is 17.8 Å². The number of cyclic esters (lactones) is 1. The number of likely N-dealkylation sites (N-methyl/N-ethyl adjacent to an activating group) is 1. The van der Waals surface area contributed by atoms with Crippen LogP contribution in [0.25, 0.3) is 0 Å². The standard InChI is InChI=1S/C34H57NO11S/c1-10-24-34(8,43)29(40)19(4)26(37)17(2)16-33(7,42)30(20(5)27(38)21(6)31(41)45-24)46-32-28(39)23(14-18(3)44-32)35(9)25(36)15-22-12-11-13-47-22/h11-13,17-21,23-24,26-30,32,37-40,42-43H,10,14-16H2,1-9H3/t17-,18-,19+,20+,21-,23+,24-,26+,27+,28-,29-,30-,32+,33?,34-/m1/s1. The summed E-state index contributed by atoms with van der Waals surface area (Å²) in [6.07, 6.45) is -8.98. The second-order valence-electron chi connectivity index (χ2n) is 14.5. The van der Waals surface area contributed by atoms with Gasteiger partial charge in [0.05, 0.1) is 54.5 Å². The van der Waals surface area contributed by atoms with E-state index >= 15 is 0 Å². The molecule has 2 aliphatic rings. The van der Waals surface area contributed by atoms with Gasteiger partial charge in [-0.3, -0.25) is 9.59 Å². The van der Waals surface area contributed by atoms with E-state index in [1.807, 2.05) is 17.5 Å². The quantitative estimate of drug-likeness (QED) is 0.240. The smallest absolute Gasteiger partial charge is 0.311 e. The Morgan fingerprint density at radius 1 is 1.04 bits per heavy atom. The van der Waals surface area contributed by atoms with Crippen LogP contribution in [0.4, 0.5) is 0 Å². The molecule has 3 rings (SSSR count). The fraction of sp³-hybridized carbons (Fsp3) is 0.824. The van der Waals surface area contributed by atoms with Crippen molar-refractivity contribution in [2.24, 2.45) is 23.7 Å². The fourth-order valence-corrected chi connectivity index (χ4v) is 8.03. The molecule has 2 fully saturated rings. The van der Waals surface area contributed by atoms with Crippen LogP contribution in [0, 0.1) is 23.7 Å². The summed E-state index contributed by atoms with van der Waals surface area (Å²) < 4.78 is 18.1. The van der Waals surface area contributed by atoms with E-state index in [4.69, 9.17) is 14.2 Å². The van der Waals surface area contributed by atoms with E-state index < -0.39 is 95.9 Å². The number of hydrogen-bond acceptors (Lipinski definition) is 12. The number of amides is 1. The van der Waals surface area contributed by atoms with Gasteiger partial charge in [-0.2, -0.15) is 0 Å². The Morgan fingerprint density at radius 2 is 1.68 bits per heavy atom. The number of thiophene rings is 1. The van der Waals surface area contributed by atoms with Gasteiger partial charge in [0, 0.05) is 23.8 Å². The Balaban J connectivity index is 1.96. The van der Waals surface area contributed by atoms with Gasteiger partial charge in [0.15, 0.2) is 6.29 Å². The molecular formula is C34H57NO11S. The van der Waals surface area contributed by atoms with E-state index in [1.165, 1.54) is 37.0 Å². The van der Waals surface area contributed by atoms with E-state index in [0.717, 1.165) is 4.88 Å². The molecule has 0 bridgehead atoms. The number of aliphatic hydroxyl groups is 6. The van der Waals surface area contributed by atoms with Gasteiger partial charge in [-0.25, -0.2) is 0 Å². The average Bonchev–Trinajstić information content (AvgIpc) is 3.53. The molecule has 0 aliphatic carbocycles. The Kier molecular flexibility index (Phi) is 13.5. The van der Waals surface area contributed by atoms with Gasteiger partial charge in [-0.1, -0.05) is 33.8 Å². The summed E-state index contributed by atoms with van der Waals surface area (Å²) >= 11 is 1.47. The minimum atomic E-state index is -1.92. The largest absolute Gasteiger partial charge is 0.459 e. The zero-order valence-electron chi connectivity index (χ0n) is 29.1. The lowest BCUT2D eigenvalue weighted by molar-refractivity contribution is -0.299. The van der Waals surface area contributed by atoms with Crippen LogP contribution in [-0.2, 0) is 30.2 Å². The van der Waals surface area contributed by atoms with Crippen molar-refractivity contribution >= 4 is 23.2 Å². The fourth-order valence-electron chi connectivity index (χ4n) is 7.33. The van der Waals surface area contributed by atoms with Crippen LogP contribution in [0.2, 0.25) is 0 Å². The Bertz CT molecular complexity index is 1160. The highest BCUT2D eigenvalue weighted by atomic mass is 32.1. The summed E-state index contributed by atoms with van der Waals surface area (Å²) in [5.74, 6) is -4.62. The molecule has 0 saturated carbocycles. The molecule has 47 heavy (non-hydrogen) atoms. The number of carbonyl (C=O) groups excluding carboxylic acids is 2. The normalized spacial score (nSPS) is 44.3.